The van der Waals surface area contributed by atoms with Crippen molar-refractivity contribution in [2.75, 3.05) is 18.2 Å². The van der Waals surface area contributed by atoms with Crippen molar-refractivity contribution in [2.45, 2.75) is 58.0 Å². The summed E-state index contributed by atoms with van der Waals surface area (Å²) in [4.78, 5) is 17.4. The van der Waals surface area contributed by atoms with Crippen molar-refractivity contribution in [1.29, 1.82) is 0 Å². The second-order valence-electron chi connectivity index (χ2n) is 7.66. The first-order valence-corrected chi connectivity index (χ1v) is 9.85. The van der Waals surface area contributed by atoms with Gasteiger partial charge in [-0.1, -0.05) is 25.3 Å². The van der Waals surface area contributed by atoms with E-state index in [1.807, 2.05) is 32.0 Å². The highest BCUT2D eigenvalue weighted by atomic mass is 16.5. The van der Waals surface area contributed by atoms with Crippen molar-refractivity contribution in [1.82, 2.24) is 10.3 Å². The molecule has 3 rings (SSSR count). The van der Waals surface area contributed by atoms with Crippen LogP contribution >= 0.6 is 0 Å². The Morgan fingerprint density at radius 1 is 1.18 bits per heavy atom. The lowest BCUT2D eigenvalue weighted by atomic mass is 9.80. The highest BCUT2D eigenvalue weighted by Crippen LogP contribution is 2.31. The summed E-state index contributed by atoms with van der Waals surface area (Å²) in [6.45, 7) is 4.52. The maximum Gasteiger partial charge on any atom is 0.244 e. The molecule has 0 atom stereocenters. The number of amides is 1. The molecule has 2 aromatic rings. The van der Waals surface area contributed by atoms with Gasteiger partial charge in [-0.05, 0) is 49.4 Å². The first kappa shape index (κ1) is 20.1. The Balaban J connectivity index is 1.79. The smallest absolute Gasteiger partial charge is 0.244 e. The SMILES string of the molecule is COc1cc(NC(=O)C2(NCc3c(C)cncc3N)CCCCC2)ccc1C. The second-order valence-corrected chi connectivity index (χ2v) is 7.66. The van der Waals surface area contributed by atoms with Gasteiger partial charge in [0.1, 0.15) is 5.75 Å². The van der Waals surface area contributed by atoms with Crippen molar-refractivity contribution in [3.05, 3.63) is 47.3 Å². The molecule has 0 bridgehead atoms. The van der Waals surface area contributed by atoms with Gasteiger partial charge in [0.05, 0.1) is 24.5 Å². The minimum Gasteiger partial charge on any atom is -0.496 e. The van der Waals surface area contributed by atoms with Crippen molar-refractivity contribution in [2.24, 2.45) is 0 Å². The fourth-order valence-corrected chi connectivity index (χ4v) is 3.90. The number of carbonyl (C=O) groups excluding carboxylic acids is 1. The van der Waals surface area contributed by atoms with E-state index in [2.05, 4.69) is 15.6 Å². The molecule has 1 aromatic heterocycles. The number of hydrogen-bond donors (Lipinski definition) is 3. The molecule has 1 aliphatic carbocycles. The van der Waals surface area contributed by atoms with Gasteiger partial charge in [0.15, 0.2) is 0 Å². The van der Waals surface area contributed by atoms with Gasteiger partial charge in [-0.25, -0.2) is 0 Å². The Bertz CT molecular complexity index is 824. The molecule has 150 valence electrons. The van der Waals surface area contributed by atoms with E-state index in [0.29, 0.717) is 12.2 Å². The summed E-state index contributed by atoms with van der Waals surface area (Å²) in [6.07, 6.45) is 8.31. The number of rotatable bonds is 6. The molecule has 1 saturated carbocycles. The highest BCUT2D eigenvalue weighted by molar-refractivity contribution is 5.98. The predicted octanol–water partition coefficient (Wildman–Crippen LogP) is 3.72. The number of aryl methyl sites for hydroxylation is 2. The van der Waals surface area contributed by atoms with E-state index in [0.717, 1.165) is 60.2 Å². The molecule has 0 radical (unpaired) electrons. The Kier molecular flexibility index (Phi) is 6.19. The number of carbonyl (C=O) groups is 1. The van der Waals surface area contributed by atoms with Crippen LogP contribution in [0.1, 0.15) is 48.8 Å². The molecule has 1 aromatic carbocycles. The standard InChI is InChI=1S/C22H30N4O2/c1-15-7-8-17(11-20(15)28-3)26-21(27)22(9-5-4-6-10-22)25-13-18-16(2)12-24-14-19(18)23/h7-8,11-12,14,25H,4-6,9-10,13,23H2,1-3H3,(H,26,27). The van der Waals surface area contributed by atoms with Gasteiger partial charge < -0.3 is 15.8 Å². The van der Waals surface area contributed by atoms with Gasteiger partial charge in [-0.15, -0.1) is 0 Å². The van der Waals surface area contributed by atoms with E-state index in [9.17, 15) is 4.79 Å². The molecule has 0 saturated heterocycles. The fourth-order valence-electron chi connectivity index (χ4n) is 3.90. The lowest BCUT2D eigenvalue weighted by Gasteiger charge is -2.37. The number of methoxy groups -OCH3 is 1. The minimum absolute atomic E-state index is 0.00314. The Morgan fingerprint density at radius 2 is 1.93 bits per heavy atom. The Hall–Kier alpha value is -2.60. The first-order valence-electron chi connectivity index (χ1n) is 9.85. The number of aromatic nitrogens is 1. The van der Waals surface area contributed by atoms with Gasteiger partial charge in [0.2, 0.25) is 5.91 Å². The van der Waals surface area contributed by atoms with Crippen LogP contribution in [-0.2, 0) is 11.3 Å². The van der Waals surface area contributed by atoms with Crippen LogP contribution in [0.25, 0.3) is 0 Å². The number of nitrogen functional groups attached to an aromatic ring is 1. The summed E-state index contributed by atoms with van der Waals surface area (Å²) in [6, 6.07) is 5.74. The third-order valence-corrected chi connectivity index (χ3v) is 5.72. The quantitative estimate of drug-likeness (QED) is 0.708. The summed E-state index contributed by atoms with van der Waals surface area (Å²) < 4.78 is 5.38. The molecule has 0 unspecified atom stereocenters. The number of benzene rings is 1. The monoisotopic (exact) mass is 382 g/mol. The molecule has 6 nitrogen and oxygen atoms in total. The molecule has 1 heterocycles. The summed E-state index contributed by atoms with van der Waals surface area (Å²) in [5.41, 5.74) is 9.98. The maximum atomic E-state index is 13.3. The van der Waals surface area contributed by atoms with Gasteiger partial charge >= 0.3 is 0 Å². The van der Waals surface area contributed by atoms with E-state index in [1.54, 1.807) is 19.5 Å². The number of hydrogen-bond acceptors (Lipinski definition) is 5. The third kappa shape index (κ3) is 4.28. The zero-order valence-corrected chi connectivity index (χ0v) is 17.0. The third-order valence-electron chi connectivity index (χ3n) is 5.72. The van der Waals surface area contributed by atoms with E-state index in [1.165, 1.54) is 0 Å². The first-order chi connectivity index (χ1) is 13.4. The molecule has 0 aliphatic heterocycles. The Morgan fingerprint density at radius 3 is 2.61 bits per heavy atom. The lowest BCUT2D eigenvalue weighted by molar-refractivity contribution is -0.123. The predicted molar refractivity (Wildman–Crippen MR) is 112 cm³/mol. The molecule has 1 aliphatic rings. The zero-order chi connectivity index (χ0) is 20.1. The largest absolute Gasteiger partial charge is 0.496 e. The van der Waals surface area contributed by atoms with Crippen molar-refractivity contribution in [3.63, 3.8) is 0 Å². The number of pyridine rings is 1. The van der Waals surface area contributed by atoms with Crippen LogP contribution in [-0.4, -0.2) is 23.5 Å². The van der Waals surface area contributed by atoms with Crippen LogP contribution in [0.15, 0.2) is 30.6 Å². The van der Waals surface area contributed by atoms with E-state index >= 15 is 0 Å². The molecule has 28 heavy (non-hydrogen) atoms. The normalized spacial score (nSPS) is 15.8. The van der Waals surface area contributed by atoms with Crippen LogP contribution in [0.3, 0.4) is 0 Å². The summed E-state index contributed by atoms with van der Waals surface area (Å²) in [7, 11) is 1.64. The van der Waals surface area contributed by atoms with Crippen LogP contribution < -0.4 is 21.1 Å². The van der Waals surface area contributed by atoms with Crippen LogP contribution in [0, 0.1) is 13.8 Å². The lowest BCUT2D eigenvalue weighted by Crippen LogP contribution is -2.55. The average molecular weight is 383 g/mol. The molecular weight excluding hydrogens is 352 g/mol. The van der Waals surface area contributed by atoms with Crippen LogP contribution in [0.4, 0.5) is 11.4 Å². The molecule has 4 N–H and O–H groups in total. The zero-order valence-electron chi connectivity index (χ0n) is 17.0. The van der Waals surface area contributed by atoms with E-state index < -0.39 is 5.54 Å². The highest BCUT2D eigenvalue weighted by Gasteiger charge is 2.39. The number of ether oxygens (including phenoxy) is 1. The summed E-state index contributed by atoms with van der Waals surface area (Å²) in [5.74, 6) is 0.770. The number of anilines is 2. The molecular formula is C22H30N4O2. The van der Waals surface area contributed by atoms with Gasteiger partial charge in [0.25, 0.3) is 0 Å². The molecule has 1 amide bonds. The summed E-state index contributed by atoms with van der Waals surface area (Å²) >= 11 is 0. The number of nitrogens with zero attached hydrogens (tertiary/aromatic N) is 1. The maximum absolute atomic E-state index is 13.3. The second kappa shape index (κ2) is 8.61. The van der Waals surface area contributed by atoms with Gasteiger partial charge in [-0.3, -0.25) is 15.1 Å². The minimum atomic E-state index is -0.599. The van der Waals surface area contributed by atoms with Crippen LogP contribution in [0.5, 0.6) is 5.75 Å². The van der Waals surface area contributed by atoms with Crippen molar-refractivity contribution >= 4 is 17.3 Å². The van der Waals surface area contributed by atoms with Crippen molar-refractivity contribution < 1.29 is 9.53 Å². The topological polar surface area (TPSA) is 89.3 Å². The van der Waals surface area contributed by atoms with E-state index in [4.69, 9.17) is 10.5 Å². The average Bonchev–Trinajstić information content (AvgIpc) is 2.69. The number of nitrogens with one attached hydrogen (secondary N) is 2. The number of nitrogens with two attached hydrogens (primary N) is 1. The Labute approximate surface area is 166 Å². The van der Waals surface area contributed by atoms with E-state index in [-0.39, 0.29) is 5.91 Å². The fraction of sp³-hybridized carbons (Fsp3) is 0.455. The summed E-state index contributed by atoms with van der Waals surface area (Å²) in [5, 5.41) is 6.64. The van der Waals surface area contributed by atoms with Crippen LogP contribution in [0.2, 0.25) is 0 Å². The molecule has 6 heteroatoms. The molecule has 1 fully saturated rings. The van der Waals surface area contributed by atoms with Crippen molar-refractivity contribution in [3.8, 4) is 5.75 Å². The van der Waals surface area contributed by atoms with Gasteiger partial charge in [-0.2, -0.15) is 0 Å². The van der Waals surface area contributed by atoms with Gasteiger partial charge in [0, 0.05) is 24.5 Å². The molecule has 0 spiro atoms.